The zero-order chi connectivity index (χ0) is 9.56. The maximum Gasteiger partial charge on any atom is 0.240 e. The molecule has 0 aliphatic heterocycles. The Morgan fingerprint density at radius 2 is 2.00 bits per heavy atom. The third-order valence-corrected chi connectivity index (χ3v) is 1.41. The van der Waals surface area contributed by atoms with Gasteiger partial charge in [-0.05, 0) is 19.1 Å². The Balaban J connectivity index is 3.54. The highest BCUT2D eigenvalue weighted by molar-refractivity contribution is 7.80. The summed E-state index contributed by atoms with van der Waals surface area (Å²) in [5.41, 5.74) is 5.06. The lowest BCUT2D eigenvalue weighted by molar-refractivity contribution is -0.124. The van der Waals surface area contributed by atoms with E-state index in [0.717, 1.165) is 6.54 Å². The van der Waals surface area contributed by atoms with Crippen molar-refractivity contribution in [3.05, 3.63) is 0 Å². The number of amides is 1. The molecule has 0 atom stereocenters. The van der Waals surface area contributed by atoms with Gasteiger partial charge in [0.15, 0.2) is 5.11 Å². The Morgan fingerprint density at radius 3 is 2.42 bits per heavy atom. The highest BCUT2D eigenvalue weighted by Crippen LogP contribution is 1.87. The lowest BCUT2D eigenvalue weighted by atomic mass is 10.2. The van der Waals surface area contributed by atoms with Gasteiger partial charge in [0.2, 0.25) is 5.91 Å². The SMILES string of the molecule is CCNC(=S)NNC(=O)C(C)C. The van der Waals surface area contributed by atoms with Crippen LogP contribution in [0, 0.1) is 5.92 Å². The number of carbonyl (C=O) groups is 1. The zero-order valence-corrected chi connectivity index (χ0v) is 8.42. The fourth-order valence-electron chi connectivity index (χ4n) is 0.467. The van der Waals surface area contributed by atoms with E-state index in [2.05, 4.69) is 16.2 Å². The van der Waals surface area contributed by atoms with E-state index >= 15 is 0 Å². The first-order valence-electron chi connectivity index (χ1n) is 3.91. The van der Waals surface area contributed by atoms with E-state index in [-0.39, 0.29) is 11.8 Å². The number of hydrogen-bond donors (Lipinski definition) is 3. The third kappa shape index (κ3) is 4.90. The van der Waals surface area contributed by atoms with Crippen LogP contribution >= 0.6 is 12.2 Å². The van der Waals surface area contributed by atoms with Gasteiger partial charge < -0.3 is 5.32 Å². The Kier molecular flexibility index (Phi) is 5.36. The van der Waals surface area contributed by atoms with Crippen molar-refractivity contribution >= 4 is 23.2 Å². The van der Waals surface area contributed by atoms with Gasteiger partial charge in [0.05, 0.1) is 0 Å². The van der Waals surface area contributed by atoms with Crippen LogP contribution in [-0.4, -0.2) is 17.6 Å². The highest BCUT2D eigenvalue weighted by atomic mass is 32.1. The molecular weight excluding hydrogens is 174 g/mol. The lowest BCUT2D eigenvalue weighted by Gasteiger charge is -2.11. The van der Waals surface area contributed by atoms with Crippen LogP contribution in [0.1, 0.15) is 20.8 Å². The van der Waals surface area contributed by atoms with E-state index in [4.69, 9.17) is 12.2 Å². The van der Waals surface area contributed by atoms with E-state index in [9.17, 15) is 4.79 Å². The first-order chi connectivity index (χ1) is 5.57. The highest BCUT2D eigenvalue weighted by Gasteiger charge is 2.05. The molecule has 0 aromatic heterocycles. The molecule has 0 saturated carbocycles. The summed E-state index contributed by atoms with van der Waals surface area (Å²) in [6.45, 7) is 6.29. The monoisotopic (exact) mass is 189 g/mol. The van der Waals surface area contributed by atoms with Crippen molar-refractivity contribution in [3.63, 3.8) is 0 Å². The third-order valence-electron chi connectivity index (χ3n) is 1.16. The summed E-state index contributed by atoms with van der Waals surface area (Å²) in [7, 11) is 0. The molecule has 5 heteroatoms. The van der Waals surface area contributed by atoms with Gasteiger partial charge in [-0.1, -0.05) is 13.8 Å². The van der Waals surface area contributed by atoms with Gasteiger partial charge in [0.1, 0.15) is 0 Å². The van der Waals surface area contributed by atoms with Gasteiger partial charge in [-0.2, -0.15) is 0 Å². The Hall–Kier alpha value is -0.840. The molecule has 0 aliphatic rings. The van der Waals surface area contributed by atoms with E-state index in [0.29, 0.717) is 5.11 Å². The molecule has 0 spiro atoms. The van der Waals surface area contributed by atoms with E-state index < -0.39 is 0 Å². The van der Waals surface area contributed by atoms with Crippen molar-refractivity contribution < 1.29 is 4.79 Å². The Morgan fingerprint density at radius 1 is 1.42 bits per heavy atom. The van der Waals surface area contributed by atoms with Crippen LogP contribution in [0.2, 0.25) is 0 Å². The largest absolute Gasteiger partial charge is 0.362 e. The van der Waals surface area contributed by atoms with Crippen molar-refractivity contribution in [2.45, 2.75) is 20.8 Å². The maximum atomic E-state index is 11.0. The van der Waals surface area contributed by atoms with Crippen LogP contribution in [-0.2, 0) is 4.79 Å². The van der Waals surface area contributed by atoms with Gasteiger partial charge in [0.25, 0.3) is 0 Å². The summed E-state index contributed by atoms with van der Waals surface area (Å²) in [5.74, 6) is -0.114. The van der Waals surface area contributed by atoms with Crippen molar-refractivity contribution in [2.75, 3.05) is 6.54 Å². The smallest absolute Gasteiger partial charge is 0.240 e. The molecule has 4 nitrogen and oxygen atoms in total. The fraction of sp³-hybridized carbons (Fsp3) is 0.714. The molecule has 0 aliphatic carbocycles. The quantitative estimate of drug-likeness (QED) is 0.428. The summed E-state index contributed by atoms with van der Waals surface area (Å²) >= 11 is 4.82. The van der Waals surface area contributed by atoms with Gasteiger partial charge in [-0.25, -0.2) is 0 Å². The molecule has 0 bridgehead atoms. The minimum atomic E-state index is -0.0738. The molecule has 0 unspecified atom stereocenters. The van der Waals surface area contributed by atoms with Gasteiger partial charge >= 0.3 is 0 Å². The average Bonchev–Trinajstić information content (AvgIpc) is 2.00. The molecule has 0 rings (SSSR count). The van der Waals surface area contributed by atoms with E-state index in [1.165, 1.54) is 0 Å². The molecule has 0 aromatic carbocycles. The number of nitrogens with one attached hydrogen (secondary N) is 3. The van der Waals surface area contributed by atoms with Crippen LogP contribution in [0.4, 0.5) is 0 Å². The summed E-state index contributed by atoms with van der Waals surface area (Å²) in [5, 5.41) is 3.28. The normalized spacial score (nSPS) is 9.33. The topological polar surface area (TPSA) is 53.2 Å². The second-order valence-corrected chi connectivity index (χ2v) is 3.04. The first kappa shape index (κ1) is 11.2. The summed E-state index contributed by atoms with van der Waals surface area (Å²) in [6.07, 6.45) is 0. The van der Waals surface area contributed by atoms with Crippen molar-refractivity contribution in [1.29, 1.82) is 0 Å². The second-order valence-electron chi connectivity index (χ2n) is 2.63. The first-order valence-corrected chi connectivity index (χ1v) is 4.32. The second kappa shape index (κ2) is 5.77. The number of thiocarbonyl (C=S) groups is 1. The number of rotatable bonds is 2. The van der Waals surface area contributed by atoms with Crippen molar-refractivity contribution in [3.8, 4) is 0 Å². The van der Waals surface area contributed by atoms with Crippen LogP contribution < -0.4 is 16.2 Å². The molecule has 3 N–H and O–H groups in total. The van der Waals surface area contributed by atoms with E-state index in [1.54, 1.807) is 0 Å². The van der Waals surface area contributed by atoms with Crippen molar-refractivity contribution in [2.24, 2.45) is 5.92 Å². The molecule has 0 aromatic rings. The van der Waals surface area contributed by atoms with E-state index in [1.807, 2.05) is 20.8 Å². The summed E-state index contributed by atoms with van der Waals surface area (Å²) in [6, 6.07) is 0. The van der Waals surface area contributed by atoms with Gasteiger partial charge in [-0.15, -0.1) is 0 Å². The van der Waals surface area contributed by atoms with Crippen LogP contribution in [0.5, 0.6) is 0 Å². The number of hydrogen-bond acceptors (Lipinski definition) is 2. The fourth-order valence-corrected chi connectivity index (χ4v) is 0.663. The van der Waals surface area contributed by atoms with Crippen LogP contribution in [0.15, 0.2) is 0 Å². The van der Waals surface area contributed by atoms with Crippen LogP contribution in [0.25, 0.3) is 0 Å². The maximum absolute atomic E-state index is 11.0. The zero-order valence-electron chi connectivity index (χ0n) is 7.60. The molecule has 0 fully saturated rings. The Labute approximate surface area is 78.1 Å². The standard InChI is InChI=1S/C7H15N3OS/c1-4-8-7(12)10-9-6(11)5(2)3/h5H,4H2,1-3H3,(H,9,11)(H2,8,10,12). The molecule has 1 amide bonds. The molecular formula is C7H15N3OS. The lowest BCUT2D eigenvalue weighted by Crippen LogP contribution is -2.47. The molecule has 0 saturated heterocycles. The Bertz CT molecular complexity index is 170. The summed E-state index contributed by atoms with van der Waals surface area (Å²) < 4.78 is 0. The van der Waals surface area contributed by atoms with Crippen molar-refractivity contribution in [1.82, 2.24) is 16.2 Å². The minimum absolute atomic E-state index is 0.0399. The van der Waals surface area contributed by atoms with Crippen LogP contribution in [0.3, 0.4) is 0 Å². The molecule has 12 heavy (non-hydrogen) atoms. The molecule has 70 valence electrons. The predicted octanol–water partition coefficient (Wildman–Crippen LogP) is 0.158. The number of hydrazine groups is 1. The average molecular weight is 189 g/mol. The molecule has 0 radical (unpaired) electrons. The van der Waals surface area contributed by atoms with Gasteiger partial charge in [0, 0.05) is 12.5 Å². The minimum Gasteiger partial charge on any atom is -0.362 e. The number of carbonyl (C=O) groups excluding carboxylic acids is 1. The predicted molar refractivity (Wildman–Crippen MR) is 52.4 cm³/mol. The summed E-state index contributed by atoms with van der Waals surface area (Å²) in [4.78, 5) is 11.0. The molecule has 0 heterocycles. The van der Waals surface area contributed by atoms with Gasteiger partial charge in [-0.3, -0.25) is 15.6 Å².